The van der Waals surface area contributed by atoms with E-state index in [1.54, 1.807) is 20.7 Å². The van der Waals surface area contributed by atoms with E-state index >= 15 is 0 Å². The molecule has 0 atom stereocenters. The lowest BCUT2D eigenvalue weighted by atomic mass is 10.1. The fraction of sp³-hybridized carbons (Fsp3) is 0.588. The maximum Gasteiger partial charge on any atom is 0.337 e. The van der Waals surface area contributed by atoms with Gasteiger partial charge in [0.05, 0.1) is 12.7 Å². The van der Waals surface area contributed by atoms with Crippen LogP contribution in [0.25, 0.3) is 0 Å². The third-order valence-corrected chi connectivity index (χ3v) is 6.87. The Morgan fingerprint density at radius 2 is 1.52 bits per heavy atom. The van der Waals surface area contributed by atoms with E-state index in [4.69, 9.17) is 4.74 Å². The lowest BCUT2D eigenvalue weighted by molar-refractivity contribution is 0.0600. The molecular weight excluding hydrogens is 342 g/mol. The Labute approximate surface area is 149 Å². The van der Waals surface area contributed by atoms with E-state index in [1.165, 1.54) is 7.11 Å². The number of benzene rings is 1. The molecule has 2 aliphatic rings. The molecule has 0 aliphatic carbocycles. The van der Waals surface area contributed by atoms with Crippen molar-refractivity contribution < 1.29 is 17.9 Å². The number of hydrogen-bond donors (Lipinski definition) is 0. The molecule has 0 aromatic heterocycles. The number of nitrogens with zero attached hydrogens (tertiary/aromatic N) is 3. The number of rotatable bonds is 5. The van der Waals surface area contributed by atoms with E-state index in [0.717, 1.165) is 24.9 Å². The van der Waals surface area contributed by atoms with Gasteiger partial charge in [-0.2, -0.15) is 17.0 Å². The highest BCUT2D eigenvalue weighted by molar-refractivity contribution is 7.86. The summed E-state index contributed by atoms with van der Waals surface area (Å²) in [4.78, 5) is 13.7. The molecule has 7 nitrogen and oxygen atoms in total. The zero-order valence-corrected chi connectivity index (χ0v) is 15.4. The molecule has 1 aromatic rings. The molecule has 3 rings (SSSR count). The first-order valence-corrected chi connectivity index (χ1v) is 10.1. The summed E-state index contributed by atoms with van der Waals surface area (Å²) in [7, 11) is -1.92. The lowest BCUT2D eigenvalue weighted by Crippen LogP contribution is -2.52. The summed E-state index contributed by atoms with van der Waals surface area (Å²) in [6.45, 7) is 4.53. The lowest BCUT2D eigenvalue weighted by Gasteiger charge is -2.35. The van der Waals surface area contributed by atoms with Crippen molar-refractivity contribution in [3.05, 3.63) is 35.4 Å². The minimum absolute atomic E-state index is 0.340. The summed E-state index contributed by atoms with van der Waals surface area (Å²) in [6, 6.07) is 7.35. The smallest absolute Gasteiger partial charge is 0.337 e. The van der Waals surface area contributed by atoms with Gasteiger partial charge < -0.3 is 4.74 Å². The maximum atomic E-state index is 12.6. The van der Waals surface area contributed by atoms with Crippen LogP contribution in [0.5, 0.6) is 0 Å². The van der Waals surface area contributed by atoms with Gasteiger partial charge in [0.25, 0.3) is 10.2 Å². The number of carbonyl (C=O) groups is 1. The van der Waals surface area contributed by atoms with Gasteiger partial charge in [0.1, 0.15) is 0 Å². The molecule has 0 bridgehead atoms. The van der Waals surface area contributed by atoms with E-state index in [2.05, 4.69) is 4.90 Å². The Bertz CT molecular complexity index is 691. The standard InChI is InChI=1S/C17H25N3O4S/c1-24-17(21)16-6-4-15(5-7-16)14-18-10-12-20(13-11-18)25(22,23)19-8-2-3-9-19/h4-7H,2-3,8-14H2,1H3. The average Bonchev–Trinajstić information content (AvgIpc) is 3.18. The second kappa shape index (κ2) is 7.82. The van der Waals surface area contributed by atoms with Crippen LogP contribution in [-0.2, 0) is 21.5 Å². The van der Waals surface area contributed by atoms with Crippen molar-refractivity contribution in [2.75, 3.05) is 46.4 Å². The molecule has 0 amide bonds. The largest absolute Gasteiger partial charge is 0.465 e. The first-order chi connectivity index (χ1) is 12.0. The normalized spacial score (nSPS) is 20.7. The number of hydrogen-bond acceptors (Lipinski definition) is 5. The highest BCUT2D eigenvalue weighted by Gasteiger charge is 2.33. The zero-order chi connectivity index (χ0) is 17.9. The minimum atomic E-state index is -3.29. The van der Waals surface area contributed by atoms with Gasteiger partial charge in [-0.15, -0.1) is 0 Å². The maximum absolute atomic E-state index is 12.6. The Hall–Kier alpha value is -1.48. The summed E-state index contributed by atoms with van der Waals surface area (Å²) < 4.78 is 33.1. The zero-order valence-electron chi connectivity index (χ0n) is 14.6. The van der Waals surface area contributed by atoms with Gasteiger partial charge in [-0.25, -0.2) is 4.79 Å². The molecular formula is C17H25N3O4S. The van der Waals surface area contributed by atoms with Gasteiger partial charge in [-0.3, -0.25) is 4.90 Å². The van der Waals surface area contributed by atoms with Gasteiger partial charge in [-0.05, 0) is 30.5 Å². The molecule has 0 N–H and O–H groups in total. The third kappa shape index (κ3) is 4.20. The highest BCUT2D eigenvalue weighted by Crippen LogP contribution is 2.19. The topological polar surface area (TPSA) is 70.2 Å². The molecule has 138 valence electrons. The molecule has 0 saturated carbocycles. The molecule has 1 aromatic carbocycles. The fourth-order valence-corrected chi connectivity index (χ4v) is 4.99. The monoisotopic (exact) mass is 367 g/mol. The molecule has 2 heterocycles. The SMILES string of the molecule is COC(=O)c1ccc(CN2CCN(S(=O)(=O)N3CCCC3)CC2)cc1. The Morgan fingerprint density at radius 3 is 2.08 bits per heavy atom. The molecule has 0 unspecified atom stereocenters. The van der Waals surface area contributed by atoms with Gasteiger partial charge in [-0.1, -0.05) is 12.1 Å². The fourth-order valence-electron chi connectivity index (χ4n) is 3.32. The van der Waals surface area contributed by atoms with Gasteiger partial charge in [0.2, 0.25) is 0 Å². The van der Waals surface area contributed by atoms with Crippen molar-refractivity contribution in [2.24, 2.45) is 0 Å². The third-order valence-electron chi connectivity index (χ3n) is 4.83. The van der Waals surface area contributed by atoms with Crippen LogP contribution in [0, 0.1) is 0 Å². The van der Waals surface area contributed by atoms with Crippen LogP contribution in [0.15, 0.2) is 24.3 Å². The van der Waals surface area contributed by atoms with Crippen molar-refractivity contribution in [3.8, 4) is 0 Å². The summed E-state index contributed by atoms with van der Waals surface area (Å²) in [5.74, 6) is -0.340. The van der Waals surface area contributed by atoms with Crippen molar-refractivity contribution in [3.63, 3.8) is 0 Å². The van der Waals surface area contributed by atoms with Crippen LogP contribution in [0.2, 0.25) is 0 Å². The number of esters is 1. The second-order valence-electron chi connectivity index (χ2n) is 6.48. The predicted molar refractivity (Wildman–Crippen MR) is 94.4 cm³/mol. The Balaban J connectivity index is 1.53. The van der Waals surface area contributed by atoms with Crippen molar-refractivity contribution >= 4 is 16.2 Å². The van der Waals surface area contributed by atoms with Gasteiger partial charge in [0.15, 0.2) is 0 Å². The van der Waals surface area contributed by atoms with Crippen LogP contribution in [0.1, 0.15) is 28.8 Å². The molecule has 2 aliphatic heterocycles. The van der Waals surface area contributed by atoms with E-state index in [1.807, 2.05) is 12.1 Å². The predicted octanol–water partition coefficient (Wildman–Crippen LogP) is 0.931. The van der Waals surface area contributed by atoms with E-state index < -0.39 is 10.2 Å². The Morgan fingerprint density at radius 1 is 0.960 bits per heavy atom. The summed E-state index contributed by atoms with van der Waals surface area (Å²) in [6.07, 6.45) is 1.92. The molecule has 2 fully saturated rings. The second-order valence-corrected chi connectivity index (χ2v) is 8.41. The number of methoxy groups -OCH3 is 1. The quantitative estimate of drug-likeness (QED) is 0.724. The van der Waals surface area contributed by atoms with Crippen molar-refractivity contribution in [2.45, 2.75) is 19.4 Å². The minimum Gasteiger partial charge on any atom is -0.465 e. The number of carbonyl (C=O) groups excluding carboxylic acids is 1. The molecule has 8 heteroatoms. The van der Waals surface area contributed by atoms with Crippen LogP contribution < -0.4 is 0 Å². The van der Waals surface area contributed by atoms with Crippen LogP contribution in [-0.4, -0.2) is 74.3 Å². The van der Waals surface area contributed by atoms with Crippen LogP contribution in [0.3, 0.4) is 0 Å². The summed E-state index contributed by atoms with van der Waals surface area (Å²) >= 11 is 0. The molecule has 0 spiro atoms. The average molecular weight is 367 g/mol. The van der Waals surface area contributed by atoms with Crippen LogP contribution >= 0.6 is 0 Å². The van der Waals surface area contributed by atoms with Crippen molar-refractivity contribution in [1.82, 2.24) is 13.5 Å². The van der Waals surface area contributed by atoms with Gasteiger partial charge in [0, 0.05) is 45.8 Å². The molecule has 25 heavy (non-hydrogen) atoms. The van der Waals surface area contributed by atoms with Gasteiger partial charge >= 0.3 is 5.97 Å². The van der Waals surface area contributed by atoms with Crippen molar-refractivity contribution in [1.29, 1.82) is 0 Å². The Kier molecular flexibility index (Phi) is 5.73. The molecule has 2 saturated heterocycles. The van der Waals surface area contributed by atoms with E-state index in [0.29, 0.717) is 44.8 Å². The summed E-state index contributed by atoms with van der Waals surface area (Å²) in [5, 5.41) is 0. The first-order valence-electron chi connectivity index (χ1n) is 8.65. The van der Waals surface area contributed by atoms with E-state index in [9.17, 15) is 13.2 Å². The molecule has 0 radical (unpaired) electrons. The number of ether oxygens (including phenoxy) is 1. The van der Waals surface area contributed by atoms with E-state index in [-0.39, 0.29) is 5.97 Å². The van der Waals surface area contributed by atoms with Crippen LogP contribution in [0.4, 0.5) is 0 Å². The number of piperazine rings is 1. The summed E-state index contributed by atoms with van der Waals surface area (Å²) in [5.41, 5.74) is 1.64. The highest BCUT2D eigenvalue weighted by atomic mass is 32.2. The first kappa shape index (κ1) is 18.3.